The van der Waals surface area contributed by atoms with Gasteiger partial charge in [0.1, 0.15) is 0 Å². The molecule has 0 aliphatic heterocycles. The molecule has 0 aromatic carbocycles. The first-order valence-corrected chi connectivity index (χ1v) is 5.86. The molecule has 4 N–H and O–H groups in total. The van der Waals surface area contributed by atoms with Crippen molar-refractivity contribution in [2.75, 3.05) is 41.3 Å². The van der Waals surface area contributed by atoms with E-state index in [2.05, 4.69) is 6.58 Å². The van der Waals surface area contributed by atoms with Crippen LogP contribution in [0.4, 0.5) is 0 Å². The first-order valence-electron chi connectivity index (χ1n) is 5.86. The van der Waals surface area contributed by atoms with E-state index in [1.807, 2.05) is 0 Å². The molecule has 0 fully saturated rings. The first kappa shape index (κ1) is 19.7. The maximum atomic E-state index is 11.0. The highest BCUT2D eigenvalue weighted by atomic mass is 16.2. The summed E-state index contributed by atoms with van der Waals surface area (Å²) < 4.78 is 0. The predicted octanol–water partition coefficient (Wildman–Crippen LogP) is -0.431. The normalized spacial score (nSPS) is 10.2. The van der Waals surface area contributed by atoms with Crippen LogP contribution in [0.15, 0.2) is 23.8 Å². The zero-order valence-corrected chi connectivity index (χ0v) is 12.6. The molecule has 0 radical (unpaired) electrons. The lowest BCUT2D eigenvalue weighted by atomic mass is 10.2. The van der Waals surface area contributed by atoms with Gasteiger partial charge in [-0.05, 0) is 6.92 Å². The van der Waals surface area contributed by atoms with Gasteiger partial charge in [-0.25, -0.2) is 0 Å². The maximum Gasteiger partial charge on any atom is 0.249 e. The van der Waals surface area contributed by atoms with Crippen LogP contribution in [0.25, 0.3) is 0 Å². The minimum atomic E-state index is -0.0995. The van der Waals surface area contributed by atoms with Crippen LogP contribution >= 0.6 is 0 Å². The average Bonchev–Trinajstić information content (AvgIpc) is 2.36. The first-order chi connectivity index (χ1) is 8.68. The van der Waals surface area contributed by atoms with Gasteiger partial charge in [0.25, 0.3) is 0 Å². The van der Waals surface area contributed by atoms with Gasteiger partial charge in [-0.3, -0.25) is 9.59 Å². The Morgan fingerprint density at radius 2 is 1.47 bits per heavy atom. The Labute approximate surface area is 115 Å². The molecule has 0 atom stereocenters. The van der Waals surface area contributed by atoms with Crippen molar-refractivity contribution < 1.29 is 9.59 Å². The Morgan fingerprint density at radius 3 is 1.68 bits per heavy atom. The summed E-state index contributed by atoms with van der Waals surface area (Å²) in [6, 6.07) is 0. The molecule has 0 aromatic heterocycles. The summed E-state index contributed by atoms with van der Waals surface area (Å²) in [6.45, 7) is 5.89. The largest absolute Gasteiger partial charge is 0.345 e. The summed E-state index contributed by atoms with van der Waals surface area (Å²) in [5, 5.41) is 0. The molecule has 0 saturated carbocycles. The molecular weight excluding hydrogens is 244 g/mol. The van der Waals surface area contributed by atoms with Gasteiger partial charge in [0.2, 0.25) is 11.8 Å². The minimum Gasteiger partial charge on any atom is -0.345 e. The molecule has 0 spiro atoms. The third-order valence-corrected chi connectivity index (χ3v) is 2.12. The Morgan fingerprint density at radius 1 is 1.05 bits per heavy atom. The topological polar surface area (TPSA) is 92.7 Å². The number of likely N-dealkylation sites (N-methyl/N-ethyl adjacent to an activating group) is 2. The second kappa shape index (κ2) is 10.3. The second-order valence-corrected chi connectivity index (χ2v) is 4.33. The van der Waals surface area contributed by atoms with Gasteiger partial charge in [-0.15, -0.1) is 0 Å². The molecule has 0 heterocycles. The van der Waals surface area contributed by atoms with E-state index in [0.29, 0.717) is 17.7 Å². The molecule has 0 aromatic rings. The SMILES string of the molecule is C=C(CN)C(=O)N(C)C.CC(=CCN)C(=O)N(C)C. The van der Waals surface area contributed by atoms with Crippen LogP contribution in [0.5, 0.6) is 0 Å². The molecule has 0 rings (SSSR count). The summed E-state index contributed by atoms with van der Waals surface area (Å²) in [5.74, 6) is -0.0806. The molecule has 6 nitrogen and oxygen atoms in total. The Bertz CT molecular complexity index is 347. The predicted molar refractivity (Wildman–Crippen MR) is 78.4 cm³/mol. The summed E-state index contributed by atoms with van der Waals surface area (Å²) in [4.78, 5) is 24.8. The van der Waals surface area contributed by atoms with E-state index in [4.69, 9.17) is 11.5 Å². The van der Waals surface area contributed by atoms with Gasteiger partial charge in [-0.2, -0.15) is 0 Å². The number of hydrogen-bond donors (Lipinski definition) is 2. The number of nitrogens with zero attached hydrogens (tertiary/aromatic N) is 2. The van der Waals surface area contributed by atoms with Crippen molar-refractivity contribution in [1.29, 1.82) is 0 Å². The highest BCUT2D eigenvalue weighted by Crippen LogP contribution is 1.94. The summed E-state index contributed by atoms with van der Waals surface area (Å²) in [7, 11) is 6.78. The zero-order chi connectivity index (χ0) is 15.6. The molecule has 0 saturated heterocycles. The number of nitrogens with two attached hydrogens (primary N) is 2. The van der Waals surface area contributed by atoms with Crippen molar-refractivity contribution >= 4 is 11.8 Å². The maximum absolute atomic E-state index is 11.0. The van der Waals surface area contributed by atoms with Gasteiger partial charge >= 0.3 is 0 Å². The Kier molecular flexibility index (Phi) is 10.6. The van der Waals surface area contributed by atoms with E-state index >= 15 is 0 Å². The van der Waals surface area contributed by atoms with Gasteiger partial charge in [-0.1, -0.05) is 12.7 Å². The molecule has 0 unspecified atom stereocenters. The molecule has 110 valence electrons. The van der Waals surface area contributed by atoms with Crippen molar-refractivity contribution in [2.24, 2.45) is 11.5 Å². The highest BCUT2D eigenvalue weighted by Gasteiger charge is 2.05. The third-order valence-electron chi connectivity index (χ3n) is 2.12. The highest BCUT2D eigenvalue weighted by molar-refractivity contribution is 5.93. The lowest BCUT2D eigenvalue weighted by molar-refractivity contribution is -0.125. The fourth-order valence-corrected chi connectivity index (χ4v) is 1.02. The second-order valence-electron chi connectivity index (χ2n) is 4.33. The quantitative estimate of drug-likeness (QED) is 0.678. The van der Waals surface area contributed by atoms with Crippen LogP contribution in [0.1, 0.15) is 6.92 Å². The molecule has 0 aliphatic rings. The smallest absolute Gasteiger partial charge is 0.249 e. The minimum absolute atomic E-state index is 0.0189. The van der Waals surface area contributed by atoms with Crippen LogP contribution < -0.4 is 11.5 Å². The van der Waals surface area contributed by atoms with Crippen LogP contribution in [0, 0.1) is 0 Å². The van der Waals surface area contributed by atoms with Crippen molar-refractivity contribution in [1.82, 2.24) is 9.80 Å². The number of carbonyl (C=O) groups is 2. The average molecular weight is 270 g/mol. The summed E-state index contributed by atoms with van der Waals surface area (Å²) in [5.41, 5.74) is 11.5. The van der Waals surface area contributed by atoms with E-state index in [1.165, 1.54) is 9.80 Å². The summed E-state index contributed by atoms with van der Waals surface area (Å²) >= 11 is 0. The van der Waals surface area contributed by atoms with E-state index in [9.17, 15) is 9.59 Å². The monoisotopic (exact) mass is 270 g/mol. The number of amides is 2. The molecule has 19 heavy (non-hydrogen) atoms. The fourth-order valence-electron chi connectivity index (χ4n) is 1.02. The lowest BCUT2D eigenvalue weighted by Crippen LogP contribution is -2.26. The number of carbonyl (C=O) groups excluding carboxylic acids is 2. The Balaban J connectivity index is 0. The molecule has 0 aliphatic carbocycles. The van der Waals surface area contributed by atoms with Crippen molar-refractivity contribution in [3.05, 3.63) is 23.8 Å². The van der Waals surface area contributed by atoms with Crippen LogP contribution in [-0.2, 0) is 9.59 Å². The van der Waals surface area contributed by atoms with Gasteiger partial charge < -0.3 is 21.3 Å². The van der Waals surface area contributed by atoms with E-state index < -0.39 is 0 Å². The molecule has 6 heteroatoms. The molecule has 0 bridgehead atoms. The zero-order valence-electron chi connectivity index (χ0n) is 12.6. The molecule has 2 amide bonds. The third kappa shape index (κ3) is 8.98. The summed E-state index contributed by atoms with van der Waals surface area (Å²) in [6.07, 6.45) is 1.71. The van der Waals surface area contributed by atoms with Crippen molar-refractivity contribution in [3.63, 3.8) is 0 Å². The lowest BCUT2D eigenvalue weighted by Gasteiger charge is -2.09. The van der Waals surface area contributed by atoms with E-state index in [-0.39, 0.29) is 18.4 Å². The molecular formula is C13H26N4O2. The van der Waals surface area contributed by atoms with Crippen molar-refractivity contribution in [2.45, 2.75) is 6.92 Å². The van der Waals surface area contributed by atoms with Gasteiger partial charge in [0.05, 0.1) is 0 Å². The van der Waals surface area contributed by atoms with Gasteiger partial charge in [0.15, 0.2) is 0 Å². The number of rotatable bonds is 4. The van der Waals surface area contributed by atoms with Crippen LogP contribution in [-0.4, -0.2) is 62.9 Å². The van der Waals surface area contributed by atoms with E-state index in [0.717, 1.165) is 0 Å². The number of hydrogen-bond acceptors (Lipinski definition) is 4. The fraction of sp³-hybridized carbons (Fsp3) is 0.538. The standard InChI is InChI=1S/C7H14N2O.C6H12N2O/c1-6(4-5-8)7(10)9(2)3;1-5(4-7)6(9)8(2)3/h4H,5,8H2,1-3H3;1,4,7H2,2-3H3. The van der Waals surface area contributed by atoms with Gasteiger partial charge in [0, 0.05) is 52.4 Å². The van der Waals surface area contributed by atoms with Crippen LogP contribution in [0.2, 0.25) is 0 Å². The van der Waals surface area contributed by atoms with Crippen molar-refractivity contribution in [3.8, 4) is 0 Å². The van der Waals surface area contributed by atoms with E-state index in [1.54, 1.807) is 41.2 Å². The Hall–Kier alpha value is -1.66. The van der Waals surface area contributed by atoms with Crippen LogP contribution in [0.3, 0.4) is 0 Å².